The quantitative estimate of drug-likeness (QED) is 0.293. The van der Waals surface area contributed by atoms with Crippen LogP contribution in [0.2, 0.25) is 0 Å². The number of anilines is 2. The van der Waals surface area contributed by atoms with Crippen molar-refractivity contribution in [1.82, 2.24) is 10.3 Å². The molecule has 1 aliphatic rings. The first-order valence-corrected chi connectivity index (χ1v) is 12.3. The molecule has 1 aliphatic carbocycles. The molecule has 0 bridgehead atoms. The van der Waals surface area contributed by atoms with Gasteiger partial charge in [0.05, 0.1) is 10.2 Å². The second kappa shape index (κ2) is 9.46. The maximum Gasteiger partial charge on any atom is 0.329 e. The fourth-order valence-corrected chi connectivity index (χ4v) is 5.38. The van der Waals surface area contributed by atoms with E-state index in [1.165, 1.54) is 23.5 Å². The van der Waals surface area contributed by atoms with E-state index in [9.17, 15) is 19.1 Å². The summed E-state index contributed by atoms with van der Waals surface area (Å²) in [5.41, 5.74) is 2.78. The summed E-state index contributed by atoms with van der Waals surface area (Å²) in [6, 6.07) is 19.5. The van der Waals surface area contributed by atoms with E-state index in [0.717, 1.165) is 46.3 Å². The highest BCUT2D eigenvalue weighted by molar-refractivity contribution is 7.22. The molecule has 3 N–H and O–H groups in total. The Hall–Kier alpha value is -3.78. The number of carboxylic acid groups (broad SMARTS) is 1. The number of hydrogen-bond acceptors (Lipinski definition) is 5. The van der Waals surface area contributed by atoms with Crippen LogP contribution in [0.25, 0.3) is 21.3 Å². The molecule has 0 spiro atoms. The predicted molar refractivity (Wildman–Crippen MR) is 136 cm³/mol. The number of carboxylic acids is 1. The van der Waals surface area contributed by atoms with E-state index in [4.69, 9.17) is 0 Å². The lowest BCUT2D eigenvalue weighted by Crippen LogP contribution is -2.55. The van der Waals surface area contributed by atoms with Gasteiger partial charge in [0, 0.05) is 11.3 Å². The SMILES string of the molecule is O=C(NC1(C(=O)O)CCCCC1)c1ccc(-c2ccc(Nc3nc4ccc(F)cc4s3)cc2)cc1. The number of aromatic nitrogens is 1. The van der Waals surface area contributed by atoms with Crippen LogP contribution in [0.3, 0.4) is 0 Å². The molecule has 1 aromatic heterocycles. The molecule has 1 saturated carbocycles. The molecule has 3 aromatic carbocycles. The van der Waals surface area contributed by atoms with Crippen LogP contribution in [0.4, 0.5) is 15.2 Å². The lowest BCUT2D eigenvalue weighted by Gasteiger charge is -2.34. The average molecular weight is 490 g/mol. The van der Waals surface area contributed by atoms with Gasteiger partial charge in [-0.3, -0.25) is 4.79 Å². The molecule has 0 aliphatic heterocycles. The number of nitrogens with one attached hydrogen (secondary N) is 2. The average Bonchev–Trinajstić information content (AvgIpc) is 3.26. The fraction of sp³-hybridized carbons (Fsp3) is 0.222. The van der Waals surface area contributed by atoms with Crippen molar-refractivity contribution in [2.75, 3.05) is 5.32 Å². The Labute approximate surface area is 205 Å². The van der Waals surface area contributed by atoms with E-state index in [0.29, 0.717) is 23.5 Å². The summed E-state index contributed by atoms with van der Waals surface area (Å²) in [6.07, 6.45) is 3.51. The summed E-state index contributed by atoms with van der Waals surface area (Å²) in [6.45, 7) is 0. The summed E-state index contributed by atoms with van der Waals surface area (Å²) < 4.78 is 14.2. The normalized spacial score (nSPS) is 15.0. The van der Waals surface area contributed by atoms with Gasteiger partial charge in [0.25, 0.3) is 5.91 Å². The van der Waals surface area contributed by atoms with Gasteiger partial charge in [0.1, 0.15) is 11.4 Å². The van der Waals surface area contributed by atoms with E-state index < -0.39 is 11.5 Å². The minimum atomic E-state index is -1.17. The van der Waals surface area contributed by atoms with Gasteiger partial charge >= 0.3 is 5.97 Å². The van der Waals surface area contributed by atoms with Crippen molar-refractivity contribution < 1.29 is 19.1 Å². The largest absolute Gasteiger partial charge is 0.480 e. The number of halogens is 1. The lowest BCUT2D eigenvalue weighted by atomic mass is 9.81. The Morgan fingerprint density at radius 1 is 0.914 bits per heavy atom. The van der Waals surface area contributed by atoms with Gasteiger partial charge in [-0.05, 0) is 66.4 Å². The van der Waals surface area contributed by atoms with Crippen LogP contribution >= 0.6 is 11.3 Å². The monoisotopic (exact) mass is 489 g/mol. The van der Waals surface area contributed by atoms with E-state index in [1.54, 1.807) is 18.2 Å². The number of nitrogens with zero attached hydrogens (tertiary/aromatic N) is 1. The molecule has 1 heterocycles. The first-order valence-electron chi connectivity index (χ1n) is 11.5. The Morgan fingerprint density at radius 2 is 1.57 bits per heavy atom. The van der Waals surface area contributed by atoms with Crippen LogP contribution < -0.4 is 10.6 Å². The molecule has 4 aromatic rings. The molecule has 0 unspecified atom stereocenters. The van der Waals surface area contributed by atoms with Crippen LogP contribution in [0.1, 0.15) is 42.5 Å². The zero-order valence-corrected chi connectivity index (χ0v) is 19.7. The smallest absolute Gasteiger partial charge is 0.329 e. The first kappa shape index (κ1) is 23.0. The molecule has 1 fully saturated rings. The molecule has 0 radical (unpaired) electrons. The van der Waals surface area contributed by atoms with Gasteiger partial charge in [-0.15, -0.1) is 0 Å². The van der Waals surface area contributed by atoms with Crippen molar-refractivity contribution in [3.8, 4) is 11.1 Å². The van der Waals surface area contributed by atoms with Crippen LogP contribution in [-0.4, -0.2) is 27.5 Å². The molecule has 0 saturated heterocycles. The molecular weight excluding hydrogens is 465 g/mol. The van der Waals surface area contributed by atoms with Gasteiger partial charge in [-0.1, -0.05) is 54.9 Å². The molecule has 6 nitrogen and oxygen atoms in total. The van der Waals surface area contributed by atoms with Crippen molar-refractivity contribution in [2.45, 2.75) is 37.6 Å². The topological polar surface area (TPSA) is 91.3 Å². The minimum absolute atomic E-state index is 0.282. The Bertz CT molecular complexity index is 1380. The number of rotatable bonds is 6. The third kappa shape index (κ3) is 4.88. The Balaban J connectivity index is 1.26. The van der Waals surface area contributed by atoms with Gasteiger partial charge in [0.15, 0.2) is 5.13 Å². The summed E-state index contributed by atoms with van der Waals surface area (Å²) in [5, 5.41) is 16.4. The number of fused-ring (bicyclic) bond motifs is 1. The van der Waals surface area contributed by atoms with E-state index in [1.807, 2.05) is 36.4 Å². The number of hydrogen-bond donors (Lipinski definition) is 3. The number of aliphatic carboxylic acids is 1. The highest BCUT2D eigenvalue weighted by Crippen LogP contribution is 2.31. The van der Waals surface area contributed by atoms with Crippen LogP contribution in [-0.2, 0) is 4.79 Å². The van der Waals surface area contributed by atoms with Crippen molar-refractivity contribution in [2.24, 2.45) is 0 Å². The second-order valence-electron chi connectivity index (χ2n) is 8.81. The fourth-order valence-electron chi connectivity index (χ4n) is 4.47. The van der Waals surface area contributed by atoms with Crippen molar-refractivity contribution in [3.63, 3.8) is 0 Å². The second-order valence-corrected chi connectivity index (χ2v) is 9.84. The number of thiazole rings is 1. The third-order valence-electron chi connectivity index (χ3n) is 6.44. The summed E-state index contributed by atoms with van der Waals surface area (Å²) in [4.78, 5) is 29.1. The number of carbonyl (C=O) groups excluding carboxylic acids is 1. The molecule has 5 rings (SSSR count). The number of benzene rings is 3. The lowest BCUT2D eigenvalue weighted by molar-refractivity contribution is -0.145. The summed E-state index contributed by atoms with van der Waals surface area (Å²) in [7, 11) is 0. The van der Waals surface area contributed by atoms with E-state index in [2.05, 4.69) is 15.6 Å². The van der Waals surface area contributed by atoms with Gasteiger partial charge in [0.2, 0.25) is 0 Å². The molecule has 35 heavy (non-hydrogen) atoms. The van der Waals surface area contributed by atoms with Crippen LogP contribution in [0, 0.1) is 5.82 Å². The highest BCUT2D eigenvalue weighted by Gasteiger charge is 2.41. The van der Waals surface area contributed by atoms with Crippen molar-refractivity contribution in [1.29, 1.82) is 0 Å². The van der Waals surface area contributed by atoms with Gasteiger partial charge in [-0.25, -0.2) is 14.2 Å². The van der Waals surface area contributed by atoms with Crippen LogP contribution in [0.5, 0.6) is 0 Å². The third-order valence-corrected chi connectivity index (χ3v) is 7.37. The maximum absolute atomic E-state index is 13.4. The maximum atomic E-state index is 13.4. The summed E-state index contributed by atoms with van der Waals surface area (Å²) >= 11 is 1.39. The zero-order valence-electron chi connectivity index (χ0n) is 18.9. The highest BCUT2D eigenvalue weighted by atomic mass is 32.1. The molecule has 8 heteroatoms. The van der Waals surface area contributed by atoms with Gasteiger partial charge in [-0.2, -0.15) is 0 Å². The molecule has 178 valence electrons. The Morgan fingerprint density at radius 3 is 2.23 bits per heavy atom. The standard InChI is InChI=1S/C27H24FN3O3S/c28-20-10-13-22-23(16-20)35-26(30-22)29-21-11-8-18(9-12-21)17-4-6-19(7-5-17)24(32)31-27(25(33)34)14-2-1-3-15-27/h4-13,16H,1-3,14-15H2,(H,29,30)(H,31,32)(H,33,34). The molecular formula is C27H24FN3O3S. The number of amides is 1. The first-order chi connectivity index (χ1) is 16.9. The summed E-state index contributed by atoms with van der Waals surface area (Å²) in [5.74, 6) is -1.61. The minimum Gasteiger partial charge on any atom is -0.480 e. The molecule has 0 atom stereocenters. The van der Waals surface area contributed by atoms with E-state index >= 15 is 0 Å². The predicted octanol–water partition coefficient (Wildman–Crippen LogP) is 6.36. The Kier molecular flexibility index (Phi) is 6.21. The van der Waals surface area contributed by atoms with Crippen molar-refractivity contribution in [3.05, 3.63) is 78.1 Å². The zero-order chi connectivity index (χ0) is 24.4. The molecule has 1 amide bonds. The van der Waals surface area contributed by atoms with Crippen LogP contribution in [0.15, 0.2) is 66.7 Å². The van der Waals surface area contributed by atoms with Crippen molar-refractivity contribution >= 4 is 44.2 Å². The van der Waals surface area contributed by atoms with Gasteiger partial charge < -0.3 is 15.7 Å². The van der Waals surface area contributed by atoms with E-state index in [-0.39, 0.29) is 11.7 Å². The number of carbonyl (C=O) groups is 2.